The van der Waals surface area contributed by atoms with Gasteiger partial charge < -0.3 is 5.11 Å². The molecular formula is C21H34O2. The Bertz CT molecular complexity index is 526. The van der Waals surface area contributed by atoms with Crippen LogP contribution in [0.5, 0.6) is 0 Å². The predicted molar refractivity (Wildman–Crippen MR) is 93.9 cm³/mol. The van der Waals surface area contributed by atoms with Crippen LogP contribution in [0.4, 0.5) is 0 Å². The van der Waals surface area contributed by atoms with Crippen LogP contribution < -0.4 is 0 Å². The molecule has 0 aromatic rings. The molecule has 3 fully saturated rings. The van der Waals surface area contributed by atoms with E-state index in [0.29, 0.717) is 24.0 Å². The van der Waals surface area contributed by atoms with Crippen LogP contribution in [0, 0.1) is 39.9 Å². The maximum atomic E-state index is 13.0. The third-order valence-electron chi connectivity index (χ3n) is 8.79. The van der Waals surface area contributed by atoms with E-state index in [1.54, 1.807) is 0 Å². The molecule has 2 heteroatoms. The number of hydrogen-bond acceptors (Lipinski definition) is 2. The van der Waals surface area contributed by atoms with Gasteiger partial charge in [-0.25, -0.2) is 0 Å². The number of ketones is 1. The average Bonchev–Trinajstić information content (AvgIpc) is 2.87. The minimum absolute atomic E-state index is 0.00326. The summed E-state index contributed by atoms with van der Waals surface area (Å²) in [5, 5.41) is 11.2. The molecule has 0 spiro atoms. The maximum Gasteiger partial charge on any atom is 0.137 e. The van der Waals surface area contributed by atoms with E-state index in [4.69, 9.17) is 0 Å². The van der Waals surface area contributed by atoms with E-state index in [1.165, 1.54) is 6.42 Å². The fourth-order valence-corrected chi connectivity index (χ4v) is 6.86. The van der Waals surface area contributed by atoms with Crippen molar-refractivity contribution in [2.75, 3.05) is 0 Å². The Labute approximate surface area is 141 Å². The summed E-state index contributed by atoms with van der Waals surface area (Å²) in [6, 6.07) is 0. The minimum atomic E-state index is -0.409. The topological polar surface area (TPSA) is 37.3 Å². The SMILES string of the molecule is C=C[C@]1(C)C[C@@H](C)[C@]2(C)C(C)CC[C@]3(CCC(=O)C32)[C@@H](C)[C@@H]1O. The number of hydrogen-bond donors (Lipinski definition) is 1. The number of aliphatic hydroxyl groups excluding tert-OH is 1. The molecule has 130 valence electrons. The van der Waals surface area contributed by atoms with Crippen molar-refractivity contribution in [2.45, 2.75) is 72.8 Å². The molecule has 0 saturated heterocycles. The van der Waals surface area contributed by atoms with Crippen molar-refractivity contribution in [1.29, 1.82) is 0 Å². The van der Waals surface area contributed by atoms with Crippen molar-refractivity contribution in [3.8, 4) is 0 Å². The Morgan fingerprint density at radius 3 is 2.43 bits per heavy atom. The van der Waals surface area contributed by atoms with Crippen LogP contribution in [0.2, 0.25) is 0 Å². The zero-order valence-corrected chi connectivity index (χ0v) is 15.6. The van der Waals surface area contributed by atoms with Crippen molar-refractivity contribution in [1.82, 2.24) is 0 Å². The second-order valence-electron chi connectivity index (χ2n) is 9.49. The van der Waals surface area contributed by atoms with E-state index in [0.717, 1.165) is 19.3 Å². The Balaban J connectivity index is 2.21. The molecular weight excluding hydrogens is 284 g/mol. The molecule has 0 radical (unpaired) electrons. The van der Waals surface area contributed by atoms with Crippen molar-refractivity contribution in [2.24, 2.45) is 39.9 Å². The lowest BCUT2D eigenvalue weighted by atomic mass is 9.42. The van der Waals surface area contributed by atoms with E-state index in [1.807, 2.05) is 6.08 Å². The quantitative estimate of drug-likeness (QED) is 0.716. The largest absolute Gasteiger partial charge is 0.392 e. The second-order valence-corrected chi connectivity index (χ2v) is 9.49. The molecule has 2 nitrogen and oxygen atoms in total. The molecule has 0 amide bonds. The standard InChI is InChI=1S/C21H34O2/c1-7-19(5)12-14(3)20(6)13(2)8-10-21(15(4)18(19)23)11-9-16(22)17(20)21/h7,13-15,17-18,23H,1,8-12H2,2-6H3/t13?,14-,15+,17?,18+,19-,20+,21+/m1/s1. The molecule has 0 aromatic heterocycles. The van der Waals surface area contributed by atoms with E-state index in [2.05, 4.69) is 41.2 Å². The lowest BCUT2D eigenvalue weighted by Gasteiger charge is -2.62. The monoisotopic (exact) mass is 318 g/mol. The van der Waals surface area contributed by atoms with Crippen molar-refractivity contribution in [3.63, 3.8) is 0 Å². The van der Waals surface area contributed by atoms with Gasteiger partial charge in [0, 0.05) is 17.8 Å². The third-order valence-corrected chi connectivity index (χ3v) is 8.79. The molecule has 3 rings (SSSR count). The fraction of sp³-hybridized carbons (Fsp3) is 0.857. The first-order chi connectivity index (χ1) is 10.6. The smallest absolute Gasteiger partial charge is 0.137 e. The van der Waals surface area contributed by atoms with E-state index in [-0.39, 0.29) is 28.1 Å². The molecule has 3 aliphatic carbocycles. The van der Waals surface area contributed by atoms with Gasteiger partial charge in [-0.05, 0) is 54.3 Å². The highest BCUT2D eigenvalue weighted by molar-refractivity contribution is 5.85. The van der Waals surface area contributed by atoms with Gasteiger partial charge in [0.2, 0.25) is 0 Å². The highest BCUT2D eigenvalue weighted by Gasteiger charge is 2.66. The Hall–Kier alpha value is -0.630. The van der Waals surface area contributed by atoms with Crippen LogP contribution >= 0.6 is 0 Å². The van der Waals surface area contributed by atoms with Crippen LogP contribution in [-0.4, -0.2) is 17.0 Å². The molecule has 1 N–H and O–H groups in total. The van der Waals surface area contributed by atoms with E-state index < -0.39 is 6.10 Å². The molecule has 0 aliphatic heterocycles. The Morgan fingerprint density at radius 2 is 1.83 bits per heavy atom. The van der Waals surface area contributed by atoms with Gasteiger partial charge in [0.15, 0.2) is 0 Å². The first-order valence-corrected chi connectivity index (χ1v) is 9.48. The summed E-state index contributed by atoms with van der Waals surface area (Å²) >= 11 is 0. The van der Waals surface area contributed by atoms with Crippen LogP contribution in [0.15, 0.2) is 12.7 Å². The Morgan fingerprint density at radius 1 is 1.17 bits per heavy atom. The van der Waals surface area contributed by atoms with Crippen LogP contribution in [0.1, 0.15) is 66.7 Å². The van der Waals surface area contributed by atoms with Gasteiger partial charge in [0.05, 0.1) is 6.10 Å². The summed E-state index contributed by atoms with van der Waals surface area (Å²) in [6.07, 6.45) is 6.45. The minimum Gasteiger partial charge on any atom is -0.392 e. The van der Waals surface area contributed by atoms with Gasteiger partial charge in [-0.3, -0.25) is 4.79 Å². The zero-order valence-electron chi connectivity index (χ0n) is 15.6. The summed E-state index contributed by atoms with van der Waals surface area (Å²) in [5.41, 5.74) is -0.220. The summed E-state index contributed by atoms with van der Waals surface area (Å²) in [5.74, 6) is 1.73. The maximum absolute atomic E-state index is 13.0. The Kier molecular flexibility index (Phi) is 3.87. The van der Waals surface area contributed by atoms with E-state index >= 15 is 0 Å². The second kappa shape index (κ2) is 5.18. The summed E-state index contributed by atoms with van der Waals surface area (Å²) in [6.45, 7) is 15.4. The third kappa shape index (κ3) is 2.00. The summed E-state index contributed by atoms with van der Waals surface area (Å²) < 4.78 is 0. The van der Waals surface area contributed by atoms with Crippen molar-refractivity contribution in [3.05, 3.63) is 12.7 Å². The van der Waals surface area contributed by atoms with Crippen LogP contribution in [0.3, 0.4) is 0 Å². The molecule has 3 aliphatic rings. The molecule has 23 heavy (non-hydrogen) atoms. The lowest BCUT2D eigenvalue weighted by molar-refractivity contribution is -0.172. The van der Waals surface area contributed by atoms with Gasteiger partial charge in [-0.2, -0.15) is 0 Å². The molecule has 0 heterocycles. The van der Waals surface area contributed by atoms with Gasteiger partial charge in [0.1, 0.15) is 5.78 Å². The van der Waals surface area contributed by atoms with Gasteiger partial charge in [0.25, 0.3) is 0 Å². The molecule has 0 aromatic carbocycles. The van der Waals surface area contributed by atoms with Gasteiger partial charge in [-0.1, -0.05) is 40.7 Å². The molecule has 2 unspecified atom stereocenters. The first kappa shape index (κ1) is 17.2. The highest BCUT2D eigenvalue weighted by Crippen LogP contribution is 2.68. The van der Waals surface area contributed by atoms with E-state index in [9.17, 15) is 9.90 Å². The highest BCUT2D eigenvalue weighted by atomic mass is 16.3. The number of carbonyl (C=O) groups is 1. The zero-order chi connectivity index (χ0) is 17.2. The van der Waals surface area contributed by atoms with Crippen LogP contribution in [-0.2, 0) is 4.79 Å². The molecule has 8 atom stereocenters. The predicted octanol–water partition coefficient (Wildman–Crippen LogP) is 4.62. The van der Waals surface area contributed by atoms with Crippen molar-refractivity contribution < 1.29 is 9.90 Å². The number of Topliss-reactive ketones (excluding diaryl/α,β-unsaturated/α-hetero) is 1. The van der Waals surface area contributed by atoms with Crippen molar-refractivity contribution >= 4 is 5.78 Å². The number of aliphatic hydroxyl groups is 1. The normalized spacial score (nSPS) is 56.6. The number of carbonyl (C=O) groups excluding carboxylic acids is 1. The first-order valence-electron chi connectivity index (χ1n) is 9.48. The van der Waals surface area contributed by atoms with Gasteiger partial charge >= 0.3 is 0 Å². The van der Waals surface area contributed by atoms with Gasteiger partial charge in [-0.15, -0.1) is 6.58 Å². The van der Waals surface area contributed by atoms with Crippen LogP contribution in [0.25, 0.3) is 0 Å². The summed E-state index contributed by atoms with van der Waals surface area (Å²) in [4.78, 5) is 13.0. The lowest BCUT2D eigenvalue weighted by Crippen LogP contribution is -2.60. The average molecular weight is 319 g/mol. The molecule has 3 saturated carbocycles. The summed E-state index contributed by atoms with van der Waals surface area (Å²) in [7, 11) is 0. The number of rotatable bonds is 1. The molecule has 2 bridgehead atoms. The fourth-order valence-electron chi connectivity index (χ4n) is 6.86.